The van der Waals surface area contributed by atoms with Crippen LogP contribution in [0.3, 0.4) is 0 Å². The topological polar surface area (TPSA) is 12.9 Å². The van der Waals surface area contributed by atoms with Gasteiger partial charge >= 0.3 is 0 Å². The van der Waals surface area contributed by atoms with E-state index in [9.17, 15) is 0 Å². The second-order valence-electron chi connectivity index (χ2n) is 3.62. The van der Waals surface area contributed by atoms with Crippen LogP contribution < -0.4 is 0 Å². The van der Waals surface area contributed by atoms with Crippen molar-refractivity contribution in [1.29, 1.82) is 0 Å². The molecule has 77 valence electrons. The van der Waals surface area contributed by atoms with E-state index in [0.717, 1.165) is 5.52 Å². The lowest BCUT2D eigenvalue weighted by molar-refractivity contribution is 1.37. The molecule has 2 aromatic heterocycles. The molecule has 16 heavy (non-hydrogen) atoms. The average Bonchev–Trinajstić information content (AvgIpc) is 2.82. The highest BCUT2D eigenvalue weighted by molar-refractivity contribution is 7.08. The predicted molar refractivity (Wildman–Crippen MR) is 68.6 cm³/mol. The molecule has 2 heterocycles. The van der Waals surface area contributed by atoms with Gasteiger partial charge in [-0.05, 0) is 34.0 Å². The summed E-state index contributed by atoms with van der Waals surface area (Å²) in [6, 6.07) is 12.4. The highest BCUT2D eigenvalue weighted by atomic mass is 32.1. The highest BCUT2D eigenvalue weighted by Crippen LogP contribution is 2.21. The standard InChI is InChI=1S/C14H10NS/c1-3-12-5-2-7-15-14(12)13(4-1)9-11-6-8-16-10-11/h1-10H. The van der Waals surface area contributed by atoms with Crippen molar-refractivity contribution < 1.29 is 0 Å². The van der Waals surface area contributed by atoms with Gasteiger partial charge in [0, 0.05) is 18.0 Å². The van der Waals surface area contributed by atoms with Gasteiger partial charge in [0.25, 0.3) is 0 Å². The number of aromatic nitrogens is 1. The summed E-state index contributed by atoms with van der Waals surface area (Å²) in [6.07, 6.45) is 4.01. The lowest BCUT2D eigenvalue weighted by Gasteiger charge is -2.03. The number of nitrogens with zero attached hydrogens (tertiary/aromatic N) is 1. The number of rotatable bonds is 2. The fourth-order valence-corrected chi connectivity index (χ4v) is 2.40. The van der Waals surface area contributed by atoms with E-state index in [1.54, 1.807) is 11.3 Å². The summed E-state index contributed by atoms with van der Waals surface area (Å²) in [5.41, 5.74) is 3.48. The summed E-state index contributed by atoms with van der Waals surface area (Å²) in [5.74, 6) is 0. The van der Waals surface area contributed by atoms with Crippen LogP contribution in [0.15, 0.2) is 53.4 Å². The van der Waals surface area contributed by atoms with Gasteiger partial charge in [0.05, 0.1) is 5.52 Å². The van der Waals surface area contributed by atoms with Crippen LogP contribution in [0.25, 0.3) is 10.9 Å². The molecule has 1 aromatic carbocycles. The maximum Gasteiger partial charge on any atom is 0.0740 e. The Morgan fingerprint density at radius 3 is 2.88 bits per heavy atom. The van der Waals surface area contributed by atoms with Crippen molar-refractivity contribution in [2.45, 2.75) is 0 Å². The van der Waals surface area contributed by atoms with Gasteiger partial charge in [-0.15, -0.1) is 0 Å². The first-order chi connectivity index (χ1) is 7.93. The molecular weight excluding hydrogens is 214 g/mol. The molecule has 1 radical (unpaired) electrons. The van der Waals surface area contributed by atoms with E-state index in [-0.39, 0.29) is 0 Å². The average molecular weight is 224 g/mol. The van der Waals surface area contributed by atoms with Crippen molar-refractivity contribution in [3.8, 4) is 0 Å². The van der Waals surface area contributed by atoms with Gasteiger partial charge < -0.3 is 0 Å². The lowest BCUT2D eigenvalue weighted by Crippen LogP contribution is -1.87. The molecule has 0 fully saturated rings. The number of pyridine rings is 1. The van der Waals surface area contributed by atoms with Gasteiger partial charge in [0.2, 0.25) is 0 Å². The molecule has 3 aromatic rings. The molecule has 0 saturated heterocycles. The van der Waals surface area contributed by atoms with Crippen molar-refractivity contribution in [3.05, 3.63) is 70.9 Å². The Kier molecular flexibility index (Phi) is 2.43. The number of hydrogen-bond donors (Lipinski definition) is 0. The normalized spacial score (nSPS) is 10.8. The van der Waals surface area contributed by atoms with Gasteiger partial charge in [-0.25, -0.2) is 0 Å². The quantitative estimate of drug-likeness (QED) is 0.643. The summed E-state index contributed by atoms with van der Waals surface area (Å²) in [7, 11) is 0. The summed E-state index contributed by atoms with van der Waals surface area (Å²) in [4.78, 5) is 4.43. The predicted octanol–water partition coefficient (Wildman–Crippen LogP) is 3.90. The SMILES string of the molecule is [CH](c1ccsc1)c1cccc2cccnc12. The Hall–Kier alpha value is -1.67. The minimum Gasteiger partial charge on any atom is -0.256 e. The summed E-state index contributed by atoms with van der Waals surface area (Å²) in [6.45, 7) is 0. The zero-order valence-electron chi connectivity index (χ0n) is 8.63. The summed E-state index contributed by atoms with van der Waals surface area (Å²) < 4.78 is 0. The largest absolute Gasteiger partial charge is 0.256 e. The Morgan fingerprint density at radius 2 is 2.00 bits per heavy atom. The van der Waals surface area contributed by atoms with Gasteiger partial charge in [0.15, 0.2) is 0 Å². The van der Waals surface area contributed by atoms with Gasteiger partial charge in [0.1, 0.15) is 0 Å². The van der Waals surface area contributed by atoms with Crippen molar-refractivity contribution in [2.24, 2.45) is 0 Å². The molecular formula is C14H10NS. The second kappa shape index (κ2) is 4.06. The van der Waals surface area contributed by atoms with E-state index in [0.29, 0.717) is 0 Å². The molecule has 0 atom stereocenters. The Bertz CT molecular complexity index is 594. The van der Waals surface area contributed by atoms with Crippen LogP contribution >= 0.6 is 11.3 Å². The van der Waals surface area contributed by atoms with Crippen molar-refractivity contribution in [2.75, 3.05) is 0 Å². The van der Waals surface area contributed by atoms with Crippen molar-refractivity contribution in [3.63, 3.8) is 0 Å². The van der Waals surface area contributed by atoms with Crippen molar-refractivity contribution in [1.82, 2.24) is 4.98 Å². The van der Waals surface area contributed by atoms with Crippen LogP contribution in [0.4, 0.5) is 0 Å². The molecule has 1 nitrogen and oxygen atoms in total. The molecule has 0 amide bonds. The first-order valence-corrected chi connectivity index (χ1v) is 6.08. The zero-order chi connectivity index (χ0) is 10.8. The fourth-order valence-electron chi connectivity index (χ4n) is 1.78. The van der Waals surface area contributed by atoms with Gasteiger partial charge in [-0.3, -0.25) is 4.98 Å². The first kappa shape index (κ1) is 9.55. The number of benzene rings is 1. The fraction of sp³-hybridized carbons (Fsp3) is 0. The molecule has 0 aliphatic rings. The number of fused-ring (bicyclic) bond motifs is 1. The first-order valence-electron chi connectivity index (χ1n) is 5.14. The molecule has 0 N–H and O–H groups in total. The molecule has 0 aliphatic heterocycles. The minimum absolute atomic E-state index is 1.07. The van der Waals surface area contributed by atoms with E-state index in [1.807, 2.05) is 12.3 Å². The molecule has 0 bridgehead atoms. The third-order valence-corrected chi connectivity index (χ3v) is 3.23. The molecule has 3 rings (SSSR count). The van der Waals surface area contributed by atoms with Gasteiger partial charge in [-0.2, -0.15) is 11.3 Å². The summed E-state index contributed by atoms with van der Waals surface area (Å²) >= 11 is 1.71. The van der Waals surface area contributed by atoms with E-state index >= 15 is 0 Å². The minimum atomic E-state index is 1.07. The number of thiophene rings is 1. The van der Waals surface area contributed by atoms with Crippen LogP contribution in [0.1, 0.15) is 11.1 Å². The van der Waals surface area contributed by atoms with E-state index < -0.39 is 0 Å². The molecule has 0 unspecified atom stereocenters. The maximum absolute atomic E-state index is 4.43. The third-order valence-electron chi connectivity index (χ3n) is 2.53. The number of hydrogen-bond acceptors (Lipinski definition) is 2. The Morgan fingerprint density at radius 1 is 1.06 bits per heavy atom. The Labute approximate surface area is 98.4 Å². The summed E-state index contributed by atoms with van der Waals surface area (Å²) in [5, 5.41) is 5.41. The second-order valence-corrected chi connectivity index (χ2v) is 4.40. The molecule has 2 heteroatoms. The van der Waals surface area contributed by atoms with Crippen LogP contribution in [0.2, 0.25) is 0 Å². The molecule has 0 spiro atoms. The van der Waals surface area contributed by atoms with Crippen molar-refractivity contribution >= 4 is 22.2 Å². The zero-order valence-corrected chi connectivity index (χ0v) is 9.45. The lowest BCUT2D eigenvalue weighted by atomic mass is 10.0. The number of para-hydroxylation sites is 1. The van der Waals surface area contributed by atoms with Crippen LogP contribution in [0.5, 0.6) is 0 Å². The van der Waals surface area contributed by atoms with E-state index in [4.69, 9.17) is 0 Å². The van der Waals surface area contributed by atoms with Crippen LogP contribution in [-0.4, -0.2) is 4.98 Å². The van der Waals surface area contributed by atoms with Crippen LogP contribution in [-0.2, 0) is 0 Å². The molecule has 0 saturated carbocycles. The van der Waals surface area contributed by atoms with Crippen LogP contribution in [0, 0.1) is 6.42 Å². The highest BCUT2D eigenvalue weighted by Gasteiger charge is 2.03. The van der Waals surface area contributed by atoms with E-state index in [1.165, 1.54) is 16.5 Å². The smallest absolute Gasteiger partial charge is 0.0740 e. The van der Waals surface area contributed by atoms with E-state index in [2.05, 4.69) is 52.5 Å². The molecule has 0 aliphatic carbocycles. The Balaban J connectivity index is 2.10. The van der Waals surface area contributed by atoms with Gasteiger partial charge in [-0.1, -0.05) is 24.3 Å². The third kappa shape index (κ3) is 1.72. The monoisotopic (exact) mass is 224 g/mol. The maximum atomic E-state index is 4.43.